The first-order chi connectivity index (χ1) is 10.5. The highest BCUT2D eigenvalue weighted by Crippen LogP contribution is 2.22. The van der Waals surface area contributed by atoms with Crippen molar-refractivity contribution in [2.45, 2.75) is 38.5 Å². The Hall–Kier alpha value is -2.16. The minimum atomic E-state index is -0.699. The molecule has 0 saturated heterocycles. The predicted molar refractivity (Wildman–Crippen MR) is 80.4 cm³/mol. The van der Waals surface area contributed by atoms with E-state index in [0.29, 0.717) is 23.3 Å². The number of benzene rings is 1. The molecule has 0 aliphatic carbocycles. The molecule has 0 bridgehead atoms. The zero-order valence-electron chi connectivity index (χ0n) is 12.6. The van der Waals surface area contributed by atoms with Gasteiger partial charge in [0.25, 0.3) is 0 Å². The maximum absolute atomic E-state index is 14.0. The van der Waals surface area contributed by atoms with Crippen molar-refractivity contribution in [3.8, 4) is 6.07 Å². The van der Waals surface area contributed by atoms with Crippen LogP contribution in [-0.4, -0.2) is 11.1 Å². The Kier molecular flexibility index (Phi) is 5.31. The smallest absolute Gasteiger partial charge is 0.132 e. The van der Waals surface area contributed by atoms with Crippen molar-refractivity contribution in [2.24, 2.45) is 0 Å². The number of halogens is 1. The van der Waals surface area contributed by atoms with E-state index >= 15 is 0 Å². The molecule has 1 heterocycles. The van der Waals surface area contributed by atoms with E-state index in [4.69, 9.17) is 9.68 Å². The van der Waals surface area contributed by atoms with Crippen LogP contribution in [0.25, 0.3) is 0 Å². The average Bonchev–Trinajstić information content (AvgIpc) is 3.00. The van der Waals surface area contributed by atoms with Crippen molar-refractivity contribution < 1.29 is 13.9 Å². The van der Waals surface area contributed by atoms with Gasteiger partial charge in [-0.25, -0.2) is 4.39 Å². The van der Waals surface area contributed by atoms with E-state index in [2.05, 4.69) is 5.32 Å². The first kappa shape index (κ1) is 16.2. The van der Waals surface area contributed by atoms with Crippen molar-refractivity contribution in [2.75, 3.05) is 0 Å². The Morgan fingerprint density at radius 1 is 1.36 bits per heavy atom. The maximum Gasteiger partial charge on any atom is 0.132 e. The number of aliphatic hydroxyl groups is 1. The highest BCUT2D eigenvalue weighted by molar-refractivity contribution is 5.34. The number of hydrogen-bond acceptors (Lipinski definition) is 4. The third-order valence-corrected chi connectivity index (χ3v) is 3.58. The van der Waals surface area contributed by atoms with Gasteiger partial charge >= 0.3 is 0 Å². The van der Waals surface area contributed by atoms with Crippen molar-refractivity contribution >= 4 is 0 Å². The summed E-state index contributed by atoms with van der Waals surface area (Å²) in [6, 6.07) is 9.54. The molecule has 22 heavy (non-hydrogen) atoms. The summed E-state index contributed by atoms with van der Waals surface area (Å²) >= 11 is 0. The van der Waals surface area contributed by atoms with E-state index in [9.17, 15) is 9.50 Å². The van der Waals surface area contributed by atoms with Gasteiger partial charge in [-0.2, -0.15) is 5.26 Å². The van der Waals surface area contributed by atoms with E-state index in [-0.39, 0.29) is 12.1 Å². The SMILES string of the molecule is CC(CC(O)c1ccco1)NC(C)c1ccc(C#N)cc1F. The topological polar surface area (TPSA) is 69.2 Å². The van der Waals surface area contributed by atoms with E-state index in [0.717, 1.165) is 0 Å². The highest BCUT2D eigenvalue weighted by atomic mass is 19.1. The highest BCUT2D eigenvalue weighted by Gasteiger charge is 2.18. The number of nitriles is 1. The van der Waals surface area contributed by atoms with Crippen molar-refractivity contribution in [1.82, 2.24) is 5.32 Å². The number of aliphatic hydroxyl groups excluding tert-OH is 1. The quantitative estimate of drug-likeness (QED) is 0.857. The van der Waals surface area contributed by atoms with Crippen LogP contribution in [0.5, 0.6) is 0 Å². The van der Waals surface area contributed by atoms with Gasteiger partial charge in [0.15, 0.2) is 0 Å². The van der Waals surface area contributed by atoms with E-state index in [1.165, 1.54) is 12.3 Å². The Morgan fingerprint density at radius 2 is 2.14 bits per heavy atom. The molecule has 2 N–H and O–H groups in total. The van der Waals surface area contributed by atoms with Crippen LogP contribution in [0, 0.1) is 17.1 Å². The molecule has 0 aliphatic rings. The number of hydrogen-bond donors (Lipinski definition) is 2. The normalized spacial score (nSPS) is 15.0. The molecule has 1 aromatic heterocycles. The first-order valence-electron chi connectivity index (χ1n) is 7.18. The second-order valence-corrected chi connectivity index (χ2v) is 5.40. The third-order valence-electron chi connectivity index (χ3n) is 3.58. The van der Waals surface area contributed by atoms with Gasteiger partial charge in [-0.15, -0.1) is 0 Å². The first-order valence-corrected chi connectivity index (χ1v) is 7.18. The van der Waals surface area contributed by atoms with Gasteiger partial charge in [0.05, 0.1) is 17.9 Å². The lowest BCUT2D eigenvalue weighted by molar-refractivity contribution is 0.127. The molecule has 4 nitrogen and oxygen atoms in total. The molecule has 0 fully saturated rings. The minimum Gasteiger partial charge on any atom is -0.467 e. The molecule has 0 amide bonds. The van der Waals surface area contributed by atoms with Gasteiger partial charge in [0.2, 0.25) is 0 Å². The summed E-state index contributed by atoms with van der Waals surface area (Å²) in [5.41, 5.74) is 0.799. The van der Waals surface area contributed by atoms with Crippen LogP contribution >= 0.6 is 0 Å². The molecule has 0 spiro atoms. The van der Waals surface area contributed by atoms with Gasteiger partial charge in [0.1, 0.15) is 17.7 Å². The molecule has 0 radical (unpaired) electrons. The third kappa shape index (κ3) is 3.94. The Morgan fingerprint density at radius 3 is 2.73 bits per heavy atom. The maximum atomic E-state index is 14.0. The molecule has 2 rings (SSSR count). The minimum absolute atomic E-state index is 0.0369. The molecule has 5 heteroatoms. The fraction of sp³-hybridized carbons (Fsp3) is 0.353. The van der Waals surface area contributed by atoms with Crippen LogP contribution in [0.2, 0.25) is 0 Å². The summed E-state index contributed by atoms with van der Waals surface area (Å²) in [5.74, 6) is 0.115. The number of furan rings is 1. The predicted octanol–water partition coefficient (Wildman–Crippen LogP) is 3.45. The molecule has 3 atom stereocenters. The standard InChI is InChI=1S/C17H19FN2O2/c1-11(8-16(21)17-4-3-7-22-17)20-12(2)14-6-5-13(10-19)9-15(14)18/h3-7,9,11-12,16,20-21H,8H2,1-2H3. The van der Waals surface area contributed by atoms with Crippen LogP contribution in [0.1, 0.15) is 49.3 Å². The van der Waals surface area contributed by atoms with E-state index in [1.807, 2.05) is 19.9 Å². The number of rotatable bonds is 6. The lowest BCUT2D eigenvalue weighted by Crippen LogP contribution is -2.30. The van der Waals surface area contributed by atoms with Crippen LogP contribution in [0.15, 0.2) is 41.0 Å². The van der Waals surface area contributed by atoms with Gasteiger partial charge in [-0.1, -0.05) is 6.07 Å². The molecule has 1 aromatic carbocycles. The molecule has 0 aliphatic heterocycles. The number of nitrogens with zero attached hydrogens (tertiary/aromatic N) is 1. The summed E-state index contributed by atoms with van der Waals surface area (Å²) in [6.07, 6.45) is 1.27. The lowest BCUT2D eigenvalue weighted by Gasteiger charge is -2.22. The molecule has 3 unspecified atom stereocenters. The van der Waals surface area contributed by atoms with Crippen LogP contribution < -0.4 is 5.32 Å². The van der Waals surface area contributed by atoms with Crippen molar-refractivity contribution in [3.63, 3.8) is 0 Å². The van der Waals surface area contributed by atoms with Crippen LogP contribution in [0.3, 0.4) is 0 Å². The lowest BCUT2D eigenvalue weighted by atomic mass is 10.0. The second kappa shape index (κ2) is 7.21. The average molecular weight is 302 g/mol. The Labute approximate surface area is 129 Å². The van der Waals surface area contributed by atoms with Crippen LogP contribution in [-0.2, 0) is 0 Å². The van der Waals surface area contributed by atoms with Crippen molar-refractivity contribution in [1.29, 1.82) is 5.26 Å². The van der Waals surface area contributed by atoms with Crippen LogP contribution in [0.4, 0.5) is 4.39 Å². The molecular weight excluding hydrogens is 283 g/mol. The van der Waals surface area contributed by atoms with E-state index in [1.54, 1.807) is 24.3 Å². The summed E-state index contributed by atoms with van der Waals surface area (Å²) < 4.78 is 19.1. The van der Waals surface area contributed by atoms with Gasteiger partial charge in [-0.05, 0) is 44.5 Å². The molecular formula is C17H19FN2O2. The largest absolute Gasteiger partial charge is 0.467 e. The van der Waals surface area contributed by atoms with Gasteiger partial charge in [0, 0.05) is 17.6 Å². The molecule has 0 saturated carbocycles. The fourth-order valence-electron chi connectivity index (χ4n) is 2.46. The van der Waals surface area contributed by atoms with E-state index < -0.39 is 11.9 Å². The van der Waals surface area contributed by atoms with Gasteiger partial charge in [-0.3, -0.25) is 0 Å². The second-order valence-electron chi connectivity index (χ2n) is 5.40. The monoisotopic (exact) mass is 302 g/mol. The summed E-state index contributed by atoms with van der Waals surface area (Å²) in [4.78, 5) is 0. The Bertz CT molecular complexity index is 649. The fourth-order valence-corrected chi connectivity index (χ4v) is 2.46. The summed E-state index contributed by atoms with van der Waals surface area (Å²) in [5, 5.41) is 22.0. The molecule has 2 aromatic rings. The summed E-state index contributed by atoms with van der Waals surface area (Å²) in [7, 11) is 0. The van der Waals surface area contributed by atoms with Crippen molar-refractivity contribution in [3.05, 3.63) is 59.3 Å². The zero-order valence-corrected chi connectivity index (χ0v) is 12.6. The molecule has 116 valence electrons. The number of nitrogens with one attached hydrogen (secondary N) is 1. The Balaban J connectivity index is 1.96. The summed E-state index contributed by atoms with van der Waals surface area (Å²) in [6.45, 7) is 3.77. The van der Waals surface area contributed by atoms with Gasteiger partial charge < -0.3 is 14.8 Å². The zero-order chi connectivity index (χ0) is 16.1.